The smallest absolute Gasteiger partial charge is 0.333 e. The highest BCUT2D eigenvalue weighted by molar-refractivity contribution is 9.10. The van der Waals surface area contributed by atoms with Crippen molar-refractivity contribution in [3.8, 4) is 0 Å². The Kier molecular flexibility index (Phi) is 8.32. The first kappa shape index (κ1) is 23.0. The number of ether oxygens (including phenoxy) is 2. The first-order chi connectivity index (χ1) is 13.8. The van der Waals surface area contributed by atoms with Gasteiger partial charge in [0.25, 0.3) is 5.91 Å². The van der Waals surface area contributed by atoms with Gasteiger partial charge in [-0.15, -0.1) is 0 Å². The Balaban J connectivity index is 2.16. The SMILES string of the molecule is COCCNS(=O)(=O)c1ccc(C(=O)NC(C(=O)OC)c2ccc(Br)cc2)cc1. The fourth-order valence-electron chi connectivity index (χ4n) is 2.41. The monoisotopic (exact) mass is 484 g/mol. The molecule has 0 aliphatic rings. The fourth-order valence-corrected chi connectivity index (χ4v) is 3.69. The molecule has 0 bridgehead atoms. The Labute approximate surface area is 177 Å². The highest BCUT2D eigenvalue weighted by Crippen LogP contribution is 2.19. The van der Waals surface area contributed by atoms with Crippen molar-refractivity contribution in [2.45, 2.75) is 10.9 Å². The summed E-state index contributed by atoms with van der Waals surface area (Å²) in [6, 6.07) is 11.2. The molecule has 0 heterocycles. The zero-order chi connectivity index (χ0) is 21.4. The van der Waals surface area contributed by atoms with Gasteiger partial charge in [0, 0.05) is 23.7 Å². The molecule has 2 aromatic rings. The quantitative estimate of drug-likeness (QED) is 0.416. The lowest BCUT2D eigenvalue weighted by atomic mass is 10.1. The van der Waals surface area contributed by atoms with Gasteiger partial charge in [-0.05, 0) is 42.0 Å². The Bertz CT molecular complexity index is 946. The van der Waals surface area contributed by atoms with E-state index in [0.717, 1.165) is 4.47 Å². The molecule has 29 heavy (non-hydrogen) atoms. The Morgan fingerprint density at radius 1 is 1.03 bits per heavy atom. The lowest BCUT2D eigenvalue weighted by Crippen LogP contribution is -2.34. The summed E-state index contributed by atoms with van der Waals surface area (Å²) in [4.78, 5) is 24.7. The number of esters is 1. The number of rotatable bonds is 9. The minimum Gasteiger partial charge on any atom is -0.467 e. The third kappa shape index (κ3) is 6.36. The summed E-state index contributed by atoms with van der Waals surface area (Å²) in [6.07, 6.45) is 0. The number of hydrogen-bond acceptors (Lipinski definition) is 6. The predicted molar refractivity (Wildman–Crippen MR) is 110 cm³/mol. The van der Waals surface area contributed by atoms with E-state index in [1.807, 2.05) is 0 Å². The molecule has 0 aliphatic heterocycles. The van der Waals surface area contributed by atoms with Crippen molar-refractivity contribution in [3.63, 3.8) is 0 Å². The summed E-state index contributed by atoms with van der Waals surface area (Å²) in [5, 5.41) is 2.61. The van der Waals surface area contributed by atoms with Gasteiger partial charge in [-0.1, -0.05) is 28.1 Å². The molecule has 0 aliphatic carbocycles. The van der Waals surface area contributed by atoms with Crippen LogP contribution in [0.2, 0.25) is 0 Å². The molecule has 0 fully saturated rings. The first-order valence-electron chi connectivity index (χ1n) is 8.51. The van der Waals surface area contributed by atoms with Gasteiger partial charge in [0.1, 0.15) is 0 Å². The molecule has 0 saturated carbocycles. The topological polar surface area (TPSA) is 111 Å². The van der Waals surface area contributed by atoms with E-state index in [0.29, 0.717) is 5.56 Å². The van der Waals surface area contributed by atoms with Gasteiger partial charge in [0.15, 0.2) is 6.04 Å². The maximum atomic E-state index is 12.6. The van der Waals surface area contributed by atoms with Crippen molar-refractivity contribution in [2.24, 2.45) is 0 Å². The summed E-state index contributed by atoms with van der Waals surface area (Å²) in [6.45, 7) is 0.375. The highest BCUT2D eigenvalue weighted by Gasteiger charge is 2.24. The van der Waals surface area contributed by atoms with E-state index in [1.165, 1.54) is 38.5 Å². The molecule has 0 aromatic heterocycles. The summed E-state index contributed by atoms with van der Waals surface area (Å²) in [5.74, 6) is -1.16. The van der Waals surface area contributed by atoms with Crippen LogP contribution in [-0.2, 0) is 24.3 Å². The molecule has 2 N–H and O–H groups in total. The van der Waals surface area contributed by atoms with Crippen LogP contribution in [0.4, 0.5) is 0 Å². The van der Waals surface area contributed by atoms with Gasteiger partial charge in [0.05, 0.1) is 18.6 Å². The van der Waals surface area contributed by atoms with Crippen molar-refractivity contribution in [2.75, 3.05) is 27.4 Å². The maximum absolute atomic E-state index is 12.6. The molecule has 1 unspecified atom stereocenters. The van der Waals surface area contributed by atoms with Crippen molar-refractivity contribution in [1.82, 2.24) is 10.0 Å². The van der Waals surface area contributed by atoms with Crippen molar-refractivity contribution in [3.05, 3.63) is 64.1 Å². The van der Waals surface area contributed by atoms with Crippen LogP contribution < -0.4 is 10.0 Å². The second-order valence-electron chi connectivity index (χ2n) is 5.90. The number of sulfonamides is 1. The Morgan fingerprint density at radius 3 is 2.21 bits per heavy atom. The molecule has 2 aromatic carbocycles. The molecule has 156 valence electrons. The number of carbonyl (C=O) groups is 2. The molecule has 8 nitrogen and oxygen atoms in total. The maximum Gasteiger partial charge on any atom is 0.333 e. The van der Waals surface area contributed by atoms with Crippen LogP contribution in [0.3, 0.4) is 0 Å². The number of carbonyl (C=O) groups excluding carboxylic acids is 2. The Morgan fingerprint density at radius 2 is 1.66 bits per heavy atom. The lowest BCUT2D eigenvalue weighted by Gasteiger charge is -2.17. The molecule has 10 heteroatoms. The zero-order valence-corrected chi connectivity index (χ0v) is 18.2. The molecule has 0 saturated heterocycles. The van der Waals surface area contributed by atoms with Crippen LogP contribution in [0.5, 0.6) is 0 Å². The van der Waals surface area contributed by atoms with E-state index < -0.39 is 27.9 Å². The van der Waals surface area contributed by atoms with Crippen molar-refractivity contribution in [1.29, 1.82) is 0 Å². The zero-order valence-electron chi connectivity index (χ0n) is 15.8. The number of hydrogen-bond donors (Lipinski definition) is 2. The second-order valence-corrected chi connectivity index (χ2v) is 8.58. The summed E-state index contributed by atoms with van der Waals surface area (Å²) in [7, 11) is -1.00. The first-order valence-corrected chi connectivity index (χ1v) is 10.8. The van der Waals surface area contributed by atoms with E-state index in [-0.39, 0.29) is 23.6 Å². The number of nitrogens with one attached hydrogen (secondary N) is 2. The van der Waals surface area contributed by atoms with Gasteiger partial charge < -0.3 is 14.8 Å². The predicted octanol–water partition coefficient (Wildman–Crippen LogP) is 2.02. The lowest BCUT2D eigenvalue weighted by molar-refractivity contribution is -0.143. The van der Waals surface area contributed by atoms with Crippen LogP contribution in [-0.4, -0.2) is 47.7 Å². The molecular formula is C19H21BrN2O6S. The van der Waals surface area contributed by atoms with Gasteiger partial charge in [-0.25, -0.2) is 17.9 Å². The Hall–Kier alpha value is -2.27. The van der Waals surface area contributed by atoms with Gasteiger partial charge in [0.2, 0.25) is 10.0 Å². The highest BCUT2D eigenvalue weighted by atomic mass is 79.9. The number of halogens is 1. The standard InChI is InChI=1S/C19H21BrN2O6S/c1-27-12-11-21-29(25,26)16-9-5-14(6-10-16)18(23)22-17(19(24)28-2)13-3-7-15(20)8-4-13/h3-10,17,21H,11-12H2,1-2H3,(H,22,23). The average Bonchev–Trinajstić information content (AvgIpc) is 2.72. The fraction of sp³-hybridized carbons (Fsp3) is 0.263. The van der Waals surface area contributed by atoms with Crippen LogP contribution >= 0.6 is 15.9 Å². The van der Waals surface area contributed by atoms with Gasteiger partial charge >= 0.3 is 5.97 Å². The molecule has 2 rings (SSSR count). The van der Waals surface area contributed by atoms with E-state index >= 15 is 0 Å². The van der Waals surface area contributed by atoms with Crippen LogP contribution in [0.15, 0.2) is 57.9 Å². The van der Waals surface area contributed by atoms with Crippen molar-refractivity contribution >= 4 is 37.8 Å². The number of methoxy groups -OCH3 is 2. The summed E-state index contributed by atoms with van der Waals surface area (Å²) in [5.41, 5.74) is 0.752. The number of benzene rings is 2. The van der Waals surface area contributed by atoms with Crippen LogP contribution in [0, 0.1) is 0 Å². The molecular weight excluding hydrogens is 464 g/mol. The van der Waals surface area contributed by atoms with Gasteiger partial charge in [-0.2, -0.15) is 0 Å². The largest absolute Gasteiger partial charge is 0.467 e. The van der Waals surface area contributed by atoms with E-state index in [4.69, 9.17) is 9.47 Å². The third-order valence-corrected chi connectivity index (χ3v) is 5.95. The molecule has 0 radical (unpaired) electrons. The second kappa shape index (κ2) is 10.5. The minimum absolute atomic E-state index is 0.0163. The summed E-state index contributed by atoms with van der Waals surface area (Å²) >= 11 is 3.31. The third-order valence-electron chi connectivity index (χ3n) is 3.94. The van der Waals surface area contributed by atoms with E-state index in [2.05, 4.69) is 26.0 Å². The summed E-state index contributed by atoms with van der Waals surface area (Å²) < 4.78 is 37.2. The molecule has 0 spiro atoms. The average molecular weight is 485 g/mol. The molecule has 1 atom stereocenters. The van der Waals surface area contributed by atoms with Crippen molar-refractivity contribution < 1.29 is 27.5 Å². The van der Waals surface area contributed by atoms with E-state index in [9.17, 15) is 18.0 Å². The van der Waals surface area contributed by atoms with Crippen LogP contribution in [0.1, 0.15) is 22.0 Å². The minimum atomic E-state index is -3.70. The normalized spacial score (nSPS) is 12.2. The molecule has 1 amide bonds. The van der Waals surface area contributed by atoms with E-state index in [1.54, 1.807) is 24.3 Å². The number of amides is 1. The van der Waals surface area contributed by atoms with Gasteiger partial charge in [-0.3, -0.25) is 4.79 Å². The van der Waals surface area contributed by atoms with Crippen LogP contribution in [0.25, 0.3) is 0 Å².